The van der Waals surface area contributed by atoms with Crippen LogP contribution < -0.4 is 5.32 Å². The maximum Gasteiger partial charge on any atom is 0.329 e. The Morgan fingerprint density at radius 2 is 2.00 bits per heavy atom. The van der Waals surface area contributed by atoms with Crippen LogP contribution in [0, 0.1) is 0 Å². The standard InChI is InChI=1S/C25H36N2O5/c1-3-4-5-9-13-20-16-21(24(29)32-20)26-18(2)23(28)27-15-10-14-22(27)25(30)31-17-19-11-7-6-8-12-19/h6-8,11-12,18,20-22,26H,3-5,9-10,13-17H2,1-2H3/t18-,20?,21?,22-/m0/s1. The van der Waals surface area contributed by atoms with Crippen LogP contribution in [0.2, 0.25) is 0 Å². The van der Waals surface area contributed by atoms with E-state index in [0.29, 0.717) is 19.4 Å². The van der Waals surface area contributed by atoms with Crippen molar-refractivity contribution >= 4 is 17.8 Å². The number of unbranched alkanes of at least 4 members (excludes halogenated alkanes) is 3. The highest BCUT2D eigenvalue weighted by Gasteiger charge is 2.40. The summed E-state index contributed by atoms with van der Waals surface area (Å²) in [5.74, 6) is -0.840. The van der Waals surface area contributed by atoms with Gasteiger partial charge in [0, 0.05) is 13.0 Å². The summed E-state index contributed by atoms with van der Waals surface area (Å²) >= 11 is 0. The predicted octanol–water partition coefficient (Wildman–Crippen LogP) is 3.35. The second-order valence-electron chi connectivity index (χ2n) is 8.87. The normalized spacial score (nSPS) is 23.8. The number of benzene rings is 1. The van der Waals surface area contributed by atoms with E-state index < -0.39 is 18.1 Å². The van der Waals surface area contributed by atoms with E-state index in [9.17, 15) is 14.4 Å². The number of rotatable bonds is 11. The minimum absolute atomic E-state index is 0.0772. The van der Waals surface area contributed by atoms with Gasteiger partial charge in [0.1, 0.15) is 24.8 Å². The summed E-state index contributed by atoms with van der Waals surface area (Å²) in [5, 5.41) is 3.14. The molecular formula is C25H36N2O5. The van der Waals surface area contributed by atoms with E-state index in [-0.39, 0.29) is 30.6 Å². The predicted molar refractivity (Wildman–Crippen MR) is 121 cm³/mol. The molecule has 1 aromatic rings. The lowest BCUT2D eigenvalue weighted by Crippen LogP contribution is -2.52. The highest BCUT2D eigenvalue weighted by Crippen LogP contribution is 2.23. The summed E-state index contributed by atoms with van der Waals surface area (Å²) in [7, 11) is 0. The molecule has 7 nitrogen and oxygen atoms in total. The van der Waals surface area contributed by atoms with E-state index >= 15 is 0 Å². The van der Waals surface area contributed by atoms with Gasteiger partial charge in [-0.3, -0.25) is 14.9 Å². The first-order valence-electron chi connectivity index (χ1n) is 12.0. The Kier molecular flexibility index (Phi) is 9.09. The fourth-order valence-corrected chi connectivity index (χ4v) is 4.49. The highest BCUT2D eigenvalue weighted by atomic mass is 16.6. The molecule has 32 heavy (non-hydrogen) atoms. The molecule has 0 spiro atoms. The van der Waals surface area contributed by atoms with Crippen LogP contribution in [0.3, 0.4) is 0 Å². The third-order valence-corrected chi connectivity index (χ3v) is 6.30. The monoisotopic (exact) mass is 444 g/mol. The molecule has 0 aromatic heterocycles. The Balaban J connectivity index is 1.47. The van der Waals surface area contributed by atoms with Crippen molar-refractivity contribution in [3.63, 3.8) is 0 Å². The molecule has 2 fully saturated rings. The molecular weight excluding hydrogens is 408 g/mol. The zero-order valence-corrected chi connectivity index (χ0v) is 19.3. The van der Waals surface area contributed by atoms with Crippen molar-refractivity contribution in [2.45, 2.75) is 96.1 Å². The lowest BCUT2D eigenvalue weighted by Gasteiger charge is -2.27. The Bertz CT molecular complexity index is 769. The van der Waals surface area contributed by atoms with Crippen LogP contribution in [0.25, 0.3) is 0 Å². The number of amides is 1. The molecule has 2 heterocycles. The minimum Gasteiger partial charge on any atom is -0.461 e. The SMILES string of the molecule is CCCCCCC1CC(N[C@@H](C)C(=O)N2CCC[C@H]2C(=O)OCc2ccccc2)C(=O)O1. The fraction of sp³-hybridized carbons (Fsp3) is 0.640. The Morgan fingerprint density at radius 1 is 1.22 bits per heavy atom. The van der Waals surface area contributed by atoms with Gasteiger partial charge >= 0.3 is 11.9 Å². The molecule has 7 heteroatoms. The van der Waals surface area contributed by atoms with Gasteiger partial charge in [-0.15, -0.1) is 0 Å². The first-order valence-corrected chi connectivity index (χ1v) is 12.0. The van der Waals surface area contributed by atoms with Gasteiger partial charge in [0.25, 0.3) is 0 Å². The largest absolute Gasteiger partial charge is 0.461 e. The van der Waals surface area contributed by atoms with Crippen LogP contribution in [0.1, 0.15) is 70.8 Å². The van der Waals surface area contributed by atoms with Crippen molar-refractivity contribution in [2.75, 3.05) is 6.54 Å². The topological polar surface area (TPSA) is 84.9 Å². The van der Waals surface area contributed by atoms with Gasteiger partial charge in [0.2, 0.25) is 5.91 Å². The van der Waals surface area contributed by atoms with Crippen LogP contribution in [-0.2, 0) is 30.5 Å². The van der Waals surface area contributed by atoms with Crippen molar-refractivity contribution in [1.29, 1.82) is 0 Å². The van der Waals surface area contributed by atoms with Crippen molar-refractivity contribution < 1.29 is 23.9 Å². The number of likely N-dealkylation sites (tertiary alicyclic amines) is 1. The van der Waals surface area contributed by atoms with Crippen LogP contribution in [-0.4, -0.2) is 53.5 Å². The second kappa shape index (κ2) is 12.0. The number of esters is 2. The average Bonchev–Trinajstić information content (AvgIpc) is 3.42. The van der Waals surface area contributed by atoms with Gasteiger partial charge in [0.15, 0.2) is 0 Å². The van der Waals surface area contributed by atoms with Crippen molar-refractivity contribution in [1.82, 2.24) is 10.2 Å². The summed E-state index contributed by atoms with van der Waals surface area (Å²) in [5.41, 5.74) is 0.913. The van der Waals surface area contributed by atoms with Gasteiger partial charge in [-0.1, -0.05) is 56.5 Å². The lowest BCUT2D eigenvalue weighted by molar-refractivity contribution is -0.155. The molecule has 3 rings (SSSR count). The summed E-state index contributed by atoms with van der Waals surface area (Å²) in [6.07, 6.45) is 7.29. The van der Waals surface area contributed by atoms with Gasteiger partial charge in [-0.05, 0) is 38.2 Å². The summed E-state index contributed by atoms with van der Waals surface area (Å²) < 4.78 is 11.0. The van der Waals surface area contributed by atoms with E-state index in [1.807, 2.05) is 30.3 Å². The molecule has 4 atom stereocenters. The number of ether oxygens (including phenoxy) is 2. The molecule has 0 bridgehead atoms. The molecule has 1 amide bonds. The van der Waals surface area contributed by atoms with Crippen LogP contribution in [0.4, 0.5) is 0 Å². The van der Waals surface area contributed by atoms with Crippen LogP contribution in [0.5, 0.6) is 0 Å². The molecule has 2 aliphatic rings. The molecule has 2 saturated heterocycles. The van der Waals surface area contributed by atoms with Gasteiger partial charge < -0.3 is 14.4 Å². The van der Waals surface area contributed by atoms with E-state index in [1.54, 1.807) is 11.8 Å². The Morgan fingerprint density at radius 3 is 2.75 bits per heavy atom. The van der Waals surface area contributed by atoms with Gasteiger partial charge in [0.05, 0.1) is 6.04 Å². The molecule has 176 valence electrons. The molecule has 1 aromatic carbocycles. The Hall–Kier alpha value is -2.41. The third-order valence-electron chi connectivity index (χ3n) is 6.30. The maximum absolute atomic E-state index is 13.1. The molecule has 0 saturated carbocycles. The van der Waals surface area contributed by atoms with Crippen LogP contribution in [0.15, 0.2) is 30.3 Å². The molecule has 1 N–H and O–H groups in total. The van der Waals surface area contributed by atoms with E-state index in [2.05, 4.69) is 12.2 Å². The van der Waals surface area contributed by atoms with E-state index in [0.717, 1.165) is 31.2 Å². The molecule has 2 unspecified atom stereocenters. The smallest absolute Gasteiger partial charge is 0.329 e. The first-order chi connectivity index (χ1) is 15.5. The third kappa shape index (κ3) is 6.55. The summed E-state index contributed by atoms with van der Waals surface area (Å²) in [6.45, 7) is 4.63. The van der Waals surface area contributed by atoms with E-state index in [4.69, 9.17) is 9.47 Å². The zero-order chi connectivity index (χ0) is 22.9. The number of carbonyl (C=O) groups excluding carboxylic acids is 3. The number of cyclic esters (lactones) is 1. The van der Waals surface area contributed by atoms with Gasteiger partial charge in [-0.2, -0.15) is 0 Å². The first kappa shape index (κ1) is 24.2. The number of carbonyl (C=O) groups is 3. The van der Waals surface area contributed by atoms with Gasteiger partial charge in [-0.25, -0.2) is 4.79 Å². The lowest BCUT2D eigenvalue weighted by atomic mass is 10.0. The zero-order valence-electron chi connectivity index (χ0n) is 19.3. The second-order valence-corrected chi connectivity index (χ2v) is 8.87. The molecule has 0 radical (unpaired) electrons. The van der Waals surface area contributed by atoms with Crippen LogP contribution >= 0.6 is 0 Å². The molecule has 0 aliphatic carbocycles. The number of nitrogens with zero attached hydrogens (tertiary/aromatic N) is 1. The van der Waals surface area contributed by atoms with E-state index in [1.165, 1.54) is 12.8 Å². The number of hydrogen-bond donors (Lipinski definition) is 1. The van der Waals surface area contributed by atoms with Crippen molar-refractivity contribution in [3.05, 3.63) is 35.9 Å². The maximum atomic E-state index is 13.1. The summed E-state index contributed by atoms with van der Waals surface area (Å²) in [6, 6.07) is 7.87. The Labute approximate surface area is 190 Å². The molecule has 2 aliphatic heterocycles. The number of nitrogens with one attached hydrogen (secondary N) is 1. The highest BCUT2D eigenvalue weighted by molar-refractivity contribution is 5.88. The quantitative estimate of drug-likeness (QED) is 0.416. The minimum atomic E-state index is -0.575. The fourth-order valence-electron chi connectivity index (χ4n) is 4.49. The average molecular weight is 445 g/mol. The summed E-state index contributed by atoms with van der Waals surface area (Å²) in [4.78, 5) is 39.5. The number of hydrogen-bond acceptors (Lipinski definition) is 6. The van der Waals surface area contributed by atoms with Crippen molar-refractivity contribution in [2.24, 2.45) is 0 Å². The van der Waals surface area contributed by atoms with Crippen molar-refractivity contribution in [3.8, 4) is 0 Å².